The maximum absolute atomic E-state index is 6.02. The van der Waals surface area contributed by atoms with Gasteiger partial charge in [-0.05, 0) is 43.4 Å². The van der Waals surface area contributed by atoms with E-state index in [1.54, 1.807) is 0 Å². The smallest absolute Gasteiger partial charge is 0.129 e. The highest BCUT2D eigenvalue weighted by Crippen LogP contribution is 2.29. The van der Waals surface area contributed by atoms with Gasteiger partial charge in [-0.15, -0.1) is 0 Å². The molecule has 0 saturated heterocycles. The van der Waals surface area contributed by atoms with E-state index >= 15 is 0 Å². The van der Waals surface area contributed by atoms with Crippen LogP contribution in [0.25, 0.3) is 10.9 Å². The summed E-state index contributed by atoms with van der Waals surface area (Å²) in [5, 5.41) is 4.82. The molecule has 0 radical (unpaired) electrons. The number of hydrogen-bond acceptors (Lipinski definition) is 3. The van der Waals surface area contributed by atoms with E-state index in [1.165, 1.54) is 43.1 Å². The standard InChI is InChI=1S/C18H25N3/c1-13-11-15-9-5-6-10-16(15)20-18(13)21-17(12-19)14-7-3-2-4-8-14/h5-6,9-11,14,17H,2-4,7-8,12,19H2,1H3,(H,20,21). The van der Waals surface area contributed by atoms with Crippen LogP contribution in [0.15, 0.2) is 30.3 Å². The summed E-state index contributed by atoms with van der Waals surface area (Å²) in [6.07, 6.45) is 6.64. The first-order valence-electron chi connectivity index (χ1n) is 8.11. The highest BCUT2D eigenvalue weighted by atomic mass is 15.0. The first kappa shape index (κ1) is 14.3. The van der Waals surface area contributed by atoms with Crippen LogP contribution in [0.2, 0.25) is 0 Å². The Labute approximate surface area is 127 Å². The van der Waals surface area contributed by atoms with E-state index in [4.69, 9.17) is 10.7 Å². The van der Waals surface area contributed by atoms with Crippen LogP contribution < -0.4 is 11.1 Å². The zero-order chi connectivity index (χ0) is 14.7. The van der Waals surface area contributed by atoms with Crippen LogP contribution in [0.3, 0.4) is 0 Å². The van der Waals surface area contributed by atoms with Crippen LogP contribution in [0.4, 0.5) is 5.82 Å². The molecule has 0 aliphatic heterocycles. The Bertz CT molecular complexity index is 602. The predicted octanol–water partition coefficient (Wildman–Crippen LogP) is 3.86. The highest BCUT2D eigenvalue weighted by molar-refractivity contribution is 5.81. The Morgan fingerprint density at radius 3 is 2.76 bits per heavy atom. The molecule has 0 bridgehead atoms. The molecule has 1 unspecified atom stereocenters. The largest absolute Gasteiger partial charge is 0.366 e. The molecule has 21 heavy (non-hydrogen) atoms. The van der Waals surface area contributed by atoms with Crippen molar-refractivity contribution in [3.63, 3.8) is 0 Å². The van der Waals surface area contributed by atoms with Crippen molar-refractivity contribution in [1.29, 1.82) is 0 Å². The molecule has 112 valence electrons. The van der Waals surface area contributed by atoms with Gasteiger partial charge in [0.2, 0.25) is 0 Å². The third-order valence-corrected chi connectivity index (χ3v) is 4.71. The van der Waals surface area contributed by atoms with E-state index in [9.17, 15) is 0 Å². The van der Waals surface area contributed by atoms with Gasteiger partial charge in [-0.1, -0.05) is 37.5 Å². The lowest BCUT2D eigenvalue weighted by Gasteiger charge is -2.31. The fraction of sp³-hybridized carbons (Fsp3) is 0.500. The summed E-state index contributed by atoms with van der Waals surface area (Å²) in [4.78, 5) is 4.79. The monoisotopic (exact) mass is 283 g/mol. The van der Waals surface area contributed by atoms with Crippen molar-refractivity contribution in [3.05, 3.63) is 35.9 Å². The van der Waals surface area contributed by atoms with E-state index in [1.807, 2.05) is 6.07 Å². The number of anilines is 1. The third kappa shape index (κ3) is 3.18. The number of fused-ring (bicyclic) bond motifs is 1. The zero-order valence-corrected chi connectivity index (χ0v) is 12.8. The number of nitrogens with zero attached hydrogens (tertiary/aromatic N) is 1. The molecule has 1 atom stereocenters. The fourth-order valence-corrected chi connectivity index (χ4v) is 3.45. The van der Waals surface area contributed by atoms with Crippen LogP contribution in [-0.4, -0.2) is 17.6 Å². The summed E-state index contributed by atoms with van der Waals surface area (Å²) in [6, 6.07) is 10.8. The van der Waals surface area contributed by atoms with Crippen molar-refractivity contribution in [3.8, 4) is 0 Å². The average molecular weight is 283 g/mol. The number of benzene rings is 1. The summed E-state index contributed by atoms with van der Waals surface area (Å²) in [5.41, 5.74) is 8.27. The first-order valence-corrected chi connectivity index (χ1v) is 8.11. The molecule has 1 aliphatic carbocycles. The quantitative estimate of drug-likeness (QED) is 0.895. The van der Waals surface area contributed by atoms with Crippen LogP contribution in [0.1, 0.15) is 37.7 Å². The molecular weight excluding hydrogens is 258 g/mol. The van der Waals surface area contributed by atoms with Gasteiger partial charge in [0, 0.05) is 18.0 Å². The number of nitrogens with two attached hydrogens (primary N) is 1. The second-order valence-electron chi connectivity index (χ2n) is 6.23. The van der Waals surface area contributed by atoms with Gasteiger partial charge in [-0.25, -0.2) is 4.98 Å². The molecule has 3 nitrogen and oxygen atoms in total. The average Bonchev–Trinajstić information content (AvgIpc) is 2.53. The fourth-order valence-electron chi connectivity index (χ4n) is 3.45. The topological polar surface area (TPSA) is 50.9 Å². The summed E-state index contributed by atoms with van der Waals surface area (Å²) >= 11 is 0. The minimum absolute atomic E-state index is 0.345. The van der Waals surface area contributed by atoms with Gasteiger partial charge in [0.15, 0.2) is 0 Å². The molecule has 1 fully saturated rings. The van der Waals surface area contributed by atoms with Crippen molar-refractivity contribution >= 4 is 16.7 Å². The lowest BCUT2D eigenvalue weighted by molar-refractivity contribution is 0.320. The predicted molar refractivity (Wildman–Crippen MR) is 89.5 cm³/mol. The molecule has 0 spiro atoms. The van der Waals surface area contributed by atoms with Gasteiger partial charge in [0.05, 0.1) is 5.52 Å². The molecule has 3 heteroatoms. The van der Waals surface area contributed by atoms with Gasteiger partial charge >= 0.3 is 0 Å². The Balaban J connectivity index is 1.83. The number of aryl methyl sites for hydroxylation is 1. The minimum Gasteiger partial charge on any atom is -0.366 e. The van der Waals surface area contributed by atoms with E-state index in [0.717, 1.165) is 11.3 Å². The molecule has 1 aromatic heterocycles. The van der Waals surface area contributed by atoms with Crippen molar-refractivity contribution < 1.29 is 0 Å². The first-order chi connectivity index (χ1) is 10.3. The molecular formula is C18H25N3. The second kappa shape index (κ2) is 6.44. The maximum atomic E-state index is 6.02. The number of rotatable bonds is 4. The van der Waals surface area contributed by atoms with Gasteiger partial charge in [-0.2, -0.15) is 0 Å². The van der Waals surface area contributed by atoms with Gasteiger partial charge < -0.3 is 11.1 Å². The number of para-hydroxylation sites is 1. The van der Waals surface area contributed by atoms with Crippen molar-refractivity contribution in [2.45, 2.75) is 45.1 Å². The highest BCUT2D eigenvalue weighted by Gasteiger charge is 2.23. The van der Waals surface area contributed by atoms with E-state index in [-0.39, 0.29) is 0 Å². The number of hydrogen-bond donors (Lipinski definition) is 2. The second-order valence-corrected chi connectivity index (χ2v) is 6.23. The Morgan fingerprint density at radius 1 is 1.24 bits per heavy atom. The van der Waals surface area contributed by atoms with Gasteiger partial charge in [0.25, 0.3) is 0 Å². The molecule has 0 amide bonds. The normalized spacial score (nSPS) is 17.8. The van der Waals surface area contributed by atoms with Crippen molar-refractivity contribution in [1.82, 2.24) is 4.98 Å². The molecule has 2 aromatic rings. The molecule has 1 heterocycles. The molecule has 3 rings (SSSR count). The maximum Gasteiger partial charge on any atom is 0.129 e. The summed E-state index contributed by atoms with van der Waals surface area (Å²) < 4.78 is 0. The number of nitrogens with one attached hydrogen (secondary N) is 1. The van der Waals surface area contributed by atoms with Crippen molar-refractivity contribution in [2.24, 2.45) is 11.7 Å². The third-order valence-electron chi connectivity index (χ3n) is 4.71. The SMILES string of the molecule is Cc1cc2ccccc2nc1NC(CN)C1CCCCC1. The summed E-state index contributed by atoms with van der Waals surface area (Å²) in [5.74, 6) is 1.69. The molecule has 3 N–H and O–H groups in total. The minimum atomic E-state index is 0.345. The Kier molecular flexibility index (Phi) is 4.39. The number of pyridine rings is 1. The van der Waals surface area contributed by atoms with Gasteiger partial charge in [-0.3, -0.25) is 0 Å². The number of aromatic nitrogens is 1. The lowest BCUT2D eigenvalue weighted by atomic mass is 9.84. The zero-order valence-electron chi connectivity index (χ0n) is 12.8. The summed E-state index contributed by atoms with van der Waals surface area (Å²) in [6.45, 7) is 2.80. The van der Waals surface area contributed by atoms with E-state index in [0.29, 0.717) is 18.5 Å². The molecule has 1 saturated carbocycles. The van der Waals surface area contributed by atoms with Crippen LogP contribution in [-0.2, 0) is 0 Å². The van der Waals surface area contributed by atoms with Gasteiger partial charge in [0.1, 0.15) is 5.82 Å². The van der Waals surface area contributed by atoms with Crippen molar-refractivity contribution in [2.75, 3.05) is 11.9 Å². The summed E-state index contributed by atoms with van der Waals surface area (Å²) in [7, 11) is 0. The lowest BCUT2D eigenvalue weighted by Crippen LogP contribution is -2.37. The van der Waals surface area contributed by atoms with Crippen LogP contribution in [0.5, 0.6) is 0 Å². The van der Waals surface area contributed by atoms with E-state index < -0.39 is 0 Å². The van der Waals surface area contributed by atoms with E-state index in [2.05, 4.69) is 36.5 Å². The van der Waals surface area contributed by atoms with Crippen LogP contribution in [0, 0.1) is 12.8 Å². The Morgan fingerprint density at radius 2 is 2.00 bits per heavy atom. The molecule has 1 aromatic carbocycles. The van der Waals surface area contributed by atoms with Crippen LogP contribution >= 0.6 is 0 Å². The molecule has 1 aliphatic rings. The Hall–Kier alpha value is -1.61.